The Hall–Kier alpha value is -0.500. The summed E-state index contributed by atoms with van der Waals surface area (Å²) in [5, 5.41) is 3.14. The maximum atomic E-state index is 5.91. The van der Waals surface area contributed by atoms with E-state index in [1.807, 2.05) is 0 Å². The second-order valence-corrected chi connectivity index (χ2v) is 3.17. The molecule has 1 rings (SSSR count). The van der Waals surface area contributed by atoms with Crippen LogP contribution in [0.2, 0.25) is 0 Å². The summed E-state index contributed by atoms with van der Waals surface area (Å²) in [6.07, 6.45) is 4.44. The first-order valence-corrected chi connectivity index (χ1v) is 3.91. The van der Waals surface area contributed by atoms with Crippen LogP contribution in [0.3, 0.4) is 0 Å². The Kier molecular flexibility index (Phi) is 2.00. The Bertz CT molecular complexity index is 132. The molecule has 2 nitrogen and oxygen atoms in total. The monoisotopic (exact) mass is 140 g/mol. The smallest absolute Gasteiger partial charge is 0.0908 e. The quantitative estimate of drug-likeness (QED) is 0.620. The second kappa shape index (κ2) is 2.62. The molecule has 1 aliphatic rings. The van der Waals surface area contributed by atoms with Crippen LogP contribution in [0.4, 0.5) is 0 Å². The topological polar surface area (TPSA) is 38.0 Å². The van der Waals surface area contributed by atoms with E-state index >= 15 is 0 Å². The van der Waals surface area contributed by atoms with Gasteiger partial charge in [0, 0.05) is 12.1 Å². The number of unbranched alkanes of at least 4 members (excludes halogenated alkanes) is 1. The first kappa shape index (κ1) is 7.61. The van der Waals surface area contributed by atoms with Crippen LogP contribution in [0, 0.1) is 0 Å². The van der Waals surface area contributed by atoms with E-state index < -0.39 is 0 Å². The fourth-order valence-corrected chi connectivity index (χ4v) is 1.36. The molecule has 0 amide bonds. The predicted octanol–water partition coefficient (Wildman–Crippen LogP) is 1.34. The van der Waals surface area contributed by atoms with Gasteiger partial charge in [0.25, 0.3) is 0 Å². The average Bonchev–Trinajstić information content (AvgIpc) is 1.81. The molecule has 58 valence electrons. The molecule has 0 aliphatic carbocycles. The van der Waals surface area contributed by atoms with Crippen molar-refractivity contribution in [3.8, 4) is 0 Å². The van der Waals surface area contributed by atoms with Crippen LogP contribution >= 0.6 is 0 Å². The molecule has 0 aromatic carbocycles. The van der Waals surface area contributed by atoms with Crippen molar-refractivity contribution in [3.63, 3.8) is 0 Å². The van der Waals surface area contributed by atoms with Gasteiger partial charge in [-0.3, -0.25) is 0 Å². The van der Waals surface area contributed by atoms with Gasteiger partial charge in [-0.05, 0) is 6.42 Å². The zero-order valence-electron chi connectivity index (χ0n) is 6.61. The van der Waals surface area contributed by atoms with Crippen molar-refractivity contribution in [2.24, 2.45) is 5.73 Å². The third-order valence-corrected chi connectivity index (χ3v) is 1.93. The number of hydrogen-bond acceptors (Lipinski definition) is 2. The van der Waals surface area contributed by atoms with E-state index in [2.05, 4.69) is 18.8 Å². The average molecular weight is 140 g/mol. The lowest BCUT2D eigenvalue weighted by atomic mass is 9.91. The summed E-state index contributed by atoms with van der Waals surface area (Å²) in [5.74, 6) is 0. The highest BCUT2D eigenvalue weighted by molar-refractivity contribution is 5.14. The molecule has 0 bridgehead atoms. The Morgan fingerprint density at radius 3 is 2.80 bits per heavy atom. The van der Waals surface area contributed by atoms with Crippen molar-refractivity contribution in [1.29, 1.82) is 0 Å². The van der Waals surface area contributed by atoms with Gasteiger partial charge in [0.15, 0.2) is 0 Å². The summed E-state index contributed by atoms with van der Waals surface area (Å²) in [6.45, 7) is 5.95. The molecular formula is C8H16N2. The minimum atomic E-state index is -0.104. The summed E-state index contributed by atoms with van der Waals surface area (Å²) in [6, 6.07) is 0. The van der Waals surface area contributed by atoms with Gasteiger partial charge < -0.3 is 11.1 Å². The molecule has 1 fully saturated rings. The molecule has 0 unspecified atom stereocenters. The molecule has 2 heteroatoms. The molecule has 1 atom stereocenters. The fourth-order valence-electron chi connectivity index (χ4n) is 1.36. The predicted molar refractivity (Wildman–Crippen MR) is 43.3 cm³/mol. The molecular weight excluding hydrogens is 124 g/mol. The SMILES string of the molecule is C=C1C[C@@](N)(CCCC)N1. The second-order valence-electron chi connectivity index (χ2n) is 3.17. The van der Waals surface area contributed by atoms with Crippen molar-refractivity contribution >= 4 is 0 Å². The molecule has 0 saturated carbocycles. The molecule has 1 heterocycles. The Morgan fingerprint density at radius 1 is 1.80 bits per heavy atom. The molecule has 0 aromatic heterocycles. The van der Waals surface area contributed by atoms with E-state index in [-0.39, 0.29) is 5.66 Å². The number of nitrogens with two attached hydrogens (primary N) is 1. The van der Waals surface area contributed by atoms with Gasteiger partial charge in [-0.25, -0.2) is 0 Å². The number of rotatable bonds is 3. The molecule has 0 radical (unpaired) electrons. The Balaban J connectivity index is 2.21. The van der Waals surface area contributed by atoms with E-state index in [1.54, 1.807) is 0 Å². The highest BCUT2D eigenvalue weighted by atomic mass is 15.2. The van der Waals surface area contributed by atoms with Gasteiger partial charge >= 0.3 is 0 Å². The van der Waals surface area contributed by atoms with Crippen LogP contribution in [0.15, 0.2) is 12.3 Å². The number of hydrogen-bond donors (Lipinski definition) is 2. The number of nitrogens with one attached hydrogen (secondary N) is 1. The summed E-state index contributed by atoms with van der Waals surface area (Å²) >= 11 is 0. The highest BCUT2D eigenvalue weighted by Gasteiger charge is 2.33. The lowest BCUT2D eigenvalue weighted by Gasteiger charge is -2.42. The summed E-state index contributed by atoms with van der Waals surface area (Å²) in [4.78, 5) is 0. The van der Waals surface area contributed by atoms with Gasteiger partial charge in [0.05, 0.1) is 5.66 Å². The third-order valence-electron chi connectivity index (χ3n) is 1.93. The third kappa shape index (κ3) is 1.51. The maximum absolute atomic E-state index is 5.91. The van der Waals surface area contributed by atoms with E-state index in [9.17, 15) is 0 Å². The van der Waals surface area contributed by atoms with Crippen LogP contribution in [-0.2, 0) is 0 Å². The first-order valence-electron chi connectivity index (χ1n) is 3.91. The Labute approximate surface area is 62.5 Å². The summed E-state index contributed by atoms with van der Waals surface area (Å²) < 4.78 is 0. The minimum Gasteiger partial charge on any atom is -0.371 e. The van der Waals surface area contributed by atoms with Crippen molar-refractivity contribution in [3.05, 3.63) is 12.3 Å². The molecule has 1 saturated heterocycles. The molecule has 3 N–H and O–H groups in total. The van der Waals surface area contributed by atoms with Crippen LogP contribution in [0.1, 0.15) is 32.6 Å². The standard InChI is InChI=1S/C8H16N2/c1-3-4-5-8(9)6-7(2)10-8/h10H,2-6,9H2,1H3/t8-/m1/s1. The highest BCUT2D eigenvalue weighted by Crippen LogP contribution is 2.25. The summed E-state index contributed by atoms with van der Waals surface area (Å²) in [5.41, 5.74) is 6.89. The first-order chi connectivity index (χ1) is 4.66. The van der Waals surface area contributed by atoms with E-state index in [1.165, 1.54) is 12.8 Å². The van der Waals surface area contributed by atoms with E-state index in [0.717, 1.165) is 18.5 Å². The lowest BCUT2D eigenvalue weighted by molar-refractivity contribution is 0.247. The van der Waals surface area contributed by atoms with Gasteiger partial charge in [-0.1, -0.05) is 26.3 Å². The Morgan fingerprint density at radius 2 is 2.40 bits per heavy atom. The zero-order chi connectivity index (χ0) is 7.61. The van der Waals surface area contributed by atoms with Crippen molar-refractivity contribution in [1.82, 2.24) is 5.32 Å². The molecule has 0 spiro atoms. The van der Waals surface area contributed by atoms with Crippen molar-refractivity contribution < 1.29 is 0 Å². The largest absolute Gasteiger partial charge is 0.371 e. The van der Waals surface area contributed by atoms with Gasteiger partial charge in [0.1, 0.15) is 0 Å². The summed E-state index contributed by atoms with van der Waals surface area (Å²) in [7, 11) is 0. The van der Waals surface area contributed by atoms with Gasteiger partial charge in [-0.2, -0.15) is 0 Å². The van der Waals surface area contributed by atoms with E-state index in [4.69, 9.17) is 5.73 Å². The normalized spacial score (nSPS) is 31.2. The van der Waals surface area contributed by atoms with Crippen molar-refractivity contribution in [2.45, 2.75) is 38.3 Å². The molecule has 1 aliphatic heterocycles. The van der Waals surface area contributed by atoms with Crippen LogP contribution in [0.25, 0.3) is 0 Å². The van der Waals surface area contributed by atoms with Crippen LogP contribution < -0.4 is 11.1 Å². The minimum absolute atomic E-state index is 0.104. The van der Waals surface area contributed by atoms with E-state index in [0.29, 0.717) is 0 Å². The zero-order valence-corrected chi connectivity index (χ0v) is 6.61. The van der Waals surface area contributed by atoms with Crippen LogP contribution in [0.5, 0.6) is 0 Å². The van der Waals surface area contributed by atoms with Gasteiger partial charge in [-0.15, -0.1) is 0 Å². The fraction of sp³-hybridized carbons (Fsp3) is 0.750. The molecule has 10 heavy (non-hydrogen) atoms. The maximum Gasteiger partial charge on any atom is 0.0908 e. The lowest BCUT2D eigenvalue weighted by Crippen LogP contribution is -2.61. The molecule has 0 aromatic rings. The van der Waals surface area contributed by atoms with Crippen LogP contribution in [-0.4, -0.2) is 5.66 Å². The van der Waals surface area contributed by atoms with Gasteiger partial charge in [0.2, 0.25) is 0 Å². The van der Waals surface area contributed by atoms with Crippen molar-refractivity contribution in [2.75, 3.05) is 0 Å².